The topological polar surface area (TPSA) is 97.4 Å². The van der Waals surface area contributed by atoms with Crippen LogP contribution in [0.25, 0.3) is 11.1 Å². The quantitative estimate of drug-likeness (QED) is 0.543. The van der Waals surface area contributed by atoms with Crippen molar-refractivity contribution in [1.29, 1.82) is 0 Å². The van der Waals surface area contributed by atoms with Gasteiger partial charge in [-0.1, -0.05) is 0 Å². The third kappa shape index (κ3) is 4.07. The molecule has 0 N–H and O–H groups in total. The fraction of sp³-hybridized carbons (Fsp3) is 0.318. The van der Waals surface area contributed by atoms with E-state index in [1.165, 1.54) is 41.1 Å². The number of methoxy groups -OCH3 is 2. The summed E-state index contributed by atoms with van der Waals surface area (Å²) in [6, 6.07) is 4.88. The number of carbonyl (C=O) groups excluding carboxylic acids is 3. The monoisotopic (exact) mass is 414 g/mol. The molecule has 0 saturated heterocycles. The molecular formula is C22H22O8. The van der Waals surface area contributed by atoms with Gasteiger partial charge in [0.25, 0.3) is 0 Å². The highest BCUT2D eigenvalue weighted by atomic mass is 16.6. The van der Waals surface area contributed by atoms with Crippen molar-refractivity contribution < 1.29 is 38.1 Å². The molecule has 2 aromatic rings. The number of rotatable bonds is 5. The molecule has 0 radical (unpaired) electrons. The molecule has 0 saturated carbocycles. The Hall–Kier alpha value is -3.55. The number of esters is 3. The van der Waals surface area contributed by atoms with E-state index in [-0.39, 0.29) is 17.2 Å². The molecule has 30 heavy (non-hydrogen) atoms. The lowest BCUT2D eigenvalue weighted by Crippen LogP contribution is -2.13. The first-order valence-electron chi connectivity index (χ1n) is 9.25. The van der Waals surface area contributed by atoms with Gasteiger partial charge in [0.1, 0.15) is 11.5 Å². The van der Waals surface area contributed by atoms with Crippen molar-refractivity contribution in [3.8, 4) is 39.9 Å². The van der Waals surface area contributed by atoms with Crippen molar-refractivity contribution in [2.24, 2.45) is 0 Å². The number of fused-ring (bicyclic) bond motifs is 3. The summed E-state index contributed by atoms with van der Waals surface area (Å²) in [5.74, 6) is -0.0773. The molecule has 8 heteroatoms. The minimum absolute atomic E-state index is 0.186. The number of benzene rings is 2. The van der Waals surface area contributed by atoms with Crippen molar-refractivity contribution in [3.05, 3.63) is 29.3 Å². The van der Waals surface area contributed by atoms with E-state index in [1.54, 1.807) is 12.1 Å². The van der Waals surface area contributed by atoms with E-state index < -0.39 is 17.9 Å². The molecule has 1 aliphatic rings. The van der Waals surface area contributed by atoms with Gasteiger partial charge in [-0.15, -0.1) is 0 Å². The predicted octanol–water partition coefficient (Wildman–Crippen LogP) is 3.25. The van der Waals surface area contributed by atoms with Crippen LogP contribution in [0.15, 0.2) is 18.2 Å². The van der Waals surface area contributed by atoms with E-state index in [0.717, 1.165) is 11.1 Å². The normalized spacial score (nSPS) is 11.6. The highest BCUT2D eigenvalue weighted by Gasteiger charge is 2.29. The van der Waals surface area contributed by atoms with Crippen molar-refractivity contribution in [2.45, 2.75) is 33.6 Å². The van der Waals surface area contributed by atoms with E-state index in [9.17, 15) is 14.4 Å². The molecule has 0 unspecified atom stereocenters. The Kier molecular flexibility index (Phi) is 5.96. The zero-order chi connectivity index (χ0) is 22.0. The summed E-state index contributed by atoms with van der Waals surface area (Å²) < 4.78 is 27.0. The van der Waals surface area contributed by atoms with Crippen LogP contribution in [0.2, 0.25) is 0 Å². The van der Waals surface area contributed by atoms with Gasteiger partial charge in [0, 0.05) is 38.0 Å². The highest BCUT2D eigenvalue weighted by Crippen LogP contribution is 2.51. The number of hydrogen-bond acceptors (Lipinski definition) is 8. The van der Waals surface area contributed by atoms with Gasteiger partial charge in [0.15, 0.2) is 11.5 Å². The van der Waals surface area contributed by atoms with Gasteiger partial charge in [-0.05, 0) is 36.1 Å². The predicted molar refractivity (Wildman–Crippen MR) is 106 cm³/mol. The fourth-order valence-corrected chi connectivity index (χ4v) is 3.63. The Bertz CT molecular complexity index is 1040. The standard InChI is InChI=1S/C22H22O8/c1-11(23)28-15-8-14-6-7-16-17(20(14)18(9-15)29-12(2)24)10-19(30-13(3)25)22(27-5)21(16)26-4/h8-10H,6-7H2,1-5H3. The van der Waals surface area contributed by atoms with Crippen LogP contribution in [-0.2, 0) is 27.2 Å². The van der Waals surface area contributed by atoms with Gasteiger partial charge in [0.05, 0.1) is 14.2 Å². The minimum Gasteiger partial charge on any atom is -0.492 e. The van der Waals surface area contributed by atoms with Gasteiger partial charge in [-0.3, -0.25) is 14.4 Å². The maximum Gasteiger partial charge on any atom is 0.308 e. The molecule has 158 valence electrons. The molecular weight excluding hydrogens is 392 g/mol. The third-order valence-electron chi connectivity index (χ3n) is 4.55. The van der Waals surface area contributed by atoms with Crippen LogP contribution in [0, 0.1) is 0 Å². The van der Waals surface area contributed by atoms with E-state index in [0.29, 0.717) is 35.5 Å². The second kappa shape index (κ2) is 8.44. The van der Waals surface area contributed by atoms with E-state index >= 15 is 0 Å². The summed E-state index contributed by atoms with van der Waals surface area (Å²) in [7, 11) is 2.96. The molecule has 0 aromatic heterocycles. The lowest BCUT2D eigenvalue weighted by molar-refractivity contribution is -0.133. The Morgan fingerprint density at radius 2 is 1.33 bits per heavy atom. The van der Waals surface area contributed by atoms with Gasteiger partial charge >= 0.3 is 17.9 Å². The summed E-state index contributed by atoms with van der Waals surface area (Å²) in [6.45, 7) is 3.87. The van der Waals surface area contributed by atoms with Crippen molar-refractivity contribution in [2.75, 3.05) is 14.2 Å². The summed E-state index contributed by atoms with van der Waals surface area (Å²) in [6.07, 6.45) is 1.17. The van der Waals surface area contributed by atoms with E-state index in [2.05, 4.69) is 0 Å². The summed E-state index contributed by atoms with van der Waals surface area (Å²) in [5, 5.41) is 0. The molecule has 0 heterocycles. The van der Waals surface area contributed by atoms with Gasteiger partial charge in [-0.25, -0.2) is 0 Å². The zero-order valence-electron chi connectivity index (χ0n) is 17.4. The third-order valence-corrected chi connectivity index (χ3v) is 4.55. The molecule has 0 aliphatic heterocycles. The maximum absolute atomic E-state index is 11.7. The molecule has 0 atom stereocenters. The van der Waals surface area contributed by atoms with Crippen LogP contribution in [0.4, 0.5) is 0 Å². The smallest absolute Gasteiger partial charge is 0.308 e. The Balaban J connectivity index is 2.30. The molecule has 0 amide bonds. The summed E-state index contributed by atoms with van der Waals surface area (Å²) >= 11 is 0. The van der Waals surface area contributed by atoms with Crippen LogP contribution in [0.3, 0.4) is 0 Å². The van der Waals surface area contributed by atoms with Crippen LogP contribution < -0.4 is 23.7 Å². The molecule has 3 rings (SSSR count). The first-order valence-corrected chi connectivity index (χ1v) is 9.25. The second-order valence-corrected chi connectivity index (χ2v) is 6.70. The van der Waals surface area contributed by atoms with Crippen LogP contribution in [0.5, 0.6) is 28.7 Å². The number of carbonyl (C=O) groups is 3. The minimum atomic E-state index is -0.523. The number of ether oxygens (including phenoxy) is 5. The SMILES string of the molecule is COc1c(OC(C)=O)cc2c(c1OC)CCc1cc(OC(C)=O)cc(OC(C)=O)c1-2. The molecule has 0 spiro atoms. The van der Waals surface area contributed by atoms with Gasteiger partial charge in [-0.2, -0.15) is 0 Å². The lowest BCUT2D eigenvalue weighted by Gasteiger charge is -2.26. The second-order valence-electron chi connectivity index (χ2n) is 6.70. The van der Waals surface area contributed by atoms with Crippen LogP contribution in [-0.4, -0.2) is 32.1 Å². The summed E-state index contributed by atoms with van der Waals surface area (Å²) in [4.78, 5) is 34.8. The van der Waals surface area contributed by atoms with E-state index in [4.69, 9.17) is 23.7 Å². The van der Waals surface area contributed by atoms with E-state index in [1.807, 2.05) is 0 Å². The Morgan fingerprint density at radius 1 is 0.733 bits per heavy atom. The molecule has 8 nitrogen and oxygen atoms in total. The Labute approximate surface area is 173 Å². The maximum atomic E-state index is 11.7. The molecule has 0 fully saturated rings. The summed E-state index contributed by atoms with van der Waals surface area (Å²) in [5.41, 5.74) is 2.96. The van der Waals surface area contributed by atoms with Crippen molar-refractivity contribution >= 4 is 17.9 Å². The van der Waals surface area contributed by atoms with Crippen molar-refractivity contribution in [3.63, 3.8) is 0 Å². The fourth-order valence-electron chi connectivity index (χ4n) is 3.63. The molecule has 2 aromatic carbocycles. The Morgan fingerprint density at radius 3 is 1.90 bits per heavy atom. The molecule has 1 aliphatic carbocycles. The van der Waals surface area contributed by atoms with Crippen molar-refractivity contribution in [1.82, 2.24) is 0 Å². The average Bonchev–Trinajstić information content (AvgIpc) is 2.64. The number of hydrogen-bond donors (Lipinski definition) is 0. The first-order chi connectivity index (χ1) is 14.2. The number of aryl methyl sites for hydroxylation is 1. The zero-order valence-corrected chi connectivity index (χ0v) is 17.4. The molecule has 0 bridgehead atoms. The van der Waals surface area contributed by atoms with Gasteiger partial charge in [0.2, 0.25) is 5.75 Å². The van der Waals surface area contributed by atoms with Crippen LogP contribution in [0.1, 0.15) is 31.9 Å². The largest absolute Gasteiger partial charge is 0.492 e. The first kappa shape index (κ1) is 21.2. The van der Waals surface area contributed by atoms with Crippen LogP contribution >= 0.6 is 0 Å². The van der Waals surface area contributed by atoms with Gasteiger partial charge < -0.3 is 23.7 Å². The average molecular weight is 414 g/mol. The highest BCUT2D eigenvalue weighted by molar-refractivity contribution is 5.87. The lowest BCUT2D eigenvalue weighted by atomic mass is 9.84.